The number of nitriles is 1. The number of carbonyl (C=O) groups is 1. The average molecular weight is 636 g/mol. The van der Waals surface area contributed by atoms with Crippen LogP contribution in [-0.2, 0) is 18.0 Å². The molecule has 1 amide bonds. The summed E-state index contributed by atoms with van der Waals surface area (Å²) in [6.45, 7) is 4.85. The van der Waals surface area contributed by atoms with Crippen molar-refractivity contribution in [3.63, 3.8) is 0 Å². The lowest BCUT2D eigenvalue weighted by atomic mass is 10.1. The molecule has 0 aromatic heterocycles. The molecule has 0 atom stereocenters. The summed E-state index contributed by atoms with van der Waals surface area (Å²) in [6, 6.07) is 25.7. The van der Waals surface area contributed by atoms with Gasteiger partial charge in [-0.25, -0.2) is 0 Å². The van der Waals surface area contributed by atoms with Crippen molar-refractivity contribution in [1.82, 2.24) is 0 Å². The lowest BCUT2D eigenvalue weighted by Gasteiger charge is -2.11. The van der Waals surface area contributed by atoms with Crippen LogP contribution in [-0.4, -0.2) is 5.91 Å². The SMILES string of the molecule is Cc1ccc(COc2ccc(/C=C(\C#N)C(=O)Nc3ccc(OCc4ccc(Cl)cc4Cl)cc3)cc2Br)cc1C. The summed E-state index contributed by atoms with van der Waals surface area (Å²) in [6.07, 6.45) is 1.53. The van der Waals surface area contributed by atoms with Gasteiger partial charge in [0.25, 0.3) is 5.91 Å². The standard InChI is InChI=1S/C32H25BrCl2N2O3/c1-20-3-4-23(13-21(20)2)18-40-31-12-5-22(15-29(31)33)14-25(17-36)32(38)37-27-8-10-28(11-9-27)39-19-24-6-7-26(34)16-30(24)35/h3-16H,18-19H2,1-2H3,(H,37,38)/b25-14+. The molecule has 202 valence electrons. The molecular weight excluding hydrogens is 611 g/mol. The minimum absolute atomic E-state index is 0.0339. The maximum absolute atomic E-state index is 12.8. The van der Waals surface area contributed by atoms with Gasteiger partial charge in [-0.3, -0.25) is 4.79 Å². The van der Waals surface area contributed by atoms with E-state index < -0.39 is 5.91 Å². The largest absolute Gasteiger partial charge is 0.489 e. The van der Waals surface area contributed by atoms with Crippen LogP contribution in [0.15, 0.2) is 88.9 Å². The Morgan fingerprint density at radius 3 is 2.38 bits per heavy atom. The van der Waals surface area contributed by atoms with Crippen LogP contribution >= 0.6 is 39.1 Å². The number of benzene rings is 4. The number of hydrogen-bond acceptors (Lipinski definition) is 4. The molecule has 0 aliphatic rings. The first kappa shape index (κ1) is 29.2. The molecule has 0 bridgehead atoms. The van der Waals surface area contributed by atoms with Crippen LogP contribution in [0.4, 0.5) is 5.69 Å². The Morgan fingerprint density at radius 1 is 0.925 bits per heavy atom. The first-order valence-electron chi connectivity index (χ1n) is 12.3. The Labute approximate surface area is 252 Å². The Kier molecular flexibility index (Phi) is 9.89. The Bertz CT molecular complexity index is 1610. The van der Waals surface area contributed by atoms with Gasteiger partial charge < -0.3 is 14.8 Å². The van der Waals surface area contributed by atoms with E-state index in [1.54, 1.807) is 60.7 Å². The monoisotopic (exact) mass is 634 g/mol. The zero-order chi connectivity index (χ0) is 28.6. The molecule has 0 heterocycles. The molecule has 0 saturated heterocycles. The summed E-state index contributed by atoms with van der Waals surface area (Å²) in [5.74, 6) is 0.749. The summed E-state index contributed by atoms with van der Waals surface area (Å²) >= 11 is 15.6. The van der Waals surface area contributed by atoms with Gasteiger partial charge >= 0.3 is 0 Å². The van der Waals surface area contributed by atoms with Crippen molar-refractivity contribution in [2.75, 3.05) is 5.32 Å². The fourth-order valence-corrected chi connectivity index (χ4v) is 4.70. The molecule has 0 unspecified atom stereocenters. The third-order valence-electron chi connectivity index (χ3n) is 6.12. The molecule has 40 heavy (non-hydrogen) atoms. The number of hydrogen-bond donors (Lipinski definition) is 1. The maximum Gasteiger partial charge on any atom is 0.266 e. The van der Waals surface area contributed by atoms with Gasteiger partial charge in [0.05, 0.1) is 4.47 Å². The van der Waals surface area contributed by atoms with E-state index in [4.69, 9.17) is 32.7 Å². The van der Waals surface area contributed by atoms with Crippen LogP contribution in [0.5, 0.6) is 11.5 Å². The van der Waals surface area contributed by atoms with Crippen LogP contribution in [0, 0.1) is 25.2 Å². The van der Waals surface area contributed by atoms with Crippen molar-refractivity contribution in [1.29, 1.82) is 5.26 Å². The van der Waals surface area contributed by atoms with Gasteiger partial charge in [0.2, 0.25) is 0 Å². The molecule has 5 nitrogen and oxygen atoms in total. The number of rotatable bonds is 9. The van der Waals surface area contributed by atoms with E-state index in [0.29, 0.717) is 39.4 Å². The van der Waals surface area contributed by atoms with E-state index in [2.05, 4.69) is 47.2 Å². The quantitative estimate of drug-likeness (QED) is 0.147. The van der Waals surface area contributed by atoms with E-state index in [-0.39, 0.29) is 12.2 Å². The van der Waals surface area contributed by atoms with E-state index >= 15 is 0 Å². The zero-order valence-corrected chi connectivity index (χ0v) is 24.9. The van der Waals surface area contributed by atoms with E-state index in [1.807, 2.05) is 12.1 Å². The Morgan fingerprint density at radius 2 is 1.70 bits per heavy atom. The summed E-state index contributed by atoms with van der Waals surface area (Å²) in [5.41, 5.74) is 5.51. The summed E-state index contributed by atoms with van der Waals surface area (Å²) in [7, 11) is 0. The molecule has 0 aliphatic heterocycles. The predicted octanol–water partition coefficient (Wildman–Crippen LogP) is 9.08. The van der Waals surface area contributed by atoms with Gasteiger partial charge in [-0.2, -0.15) is 5.26 Å². The van der Waals surface area contributed by atoms with Crippen molar-refractivity contribution >= 4 is 56.8 Å². The third kappa shape index (κ3) is 7.89. The van der Waals surface area contributed by atoms with Crippen molar-refractivity contribution in [3.8, 4) is 17.6 Å². The molecule has 4 aromatic rings. The molecule has 0 fully saturated rings. The first-order chi connectivity index (χ1) is 19.2. The molecule has 0 radical (unpaired) electrons. The number of nitrogens with one attached hydrogen (secondary N) is 1. The van der Waals surface area contributed by atoms with Gasteiger partial charge in [-0.1, -0.05) is 53.5 Å². The van der Waals surface area contributed by atoms with Crippen LogP contribution in [0.2, 0.25) is 10.0 Å². The smallest absolute Gasteiger partial charge is 0.266 e. The van der Waals surface area contributed by atoms with Crippen LogP contribution < -0.4 is 14.8 Å². The number of carbonyl (C=O) groups excluding carboxylic acids is 1. The number of nitrogens with zero attached hydrogens (tertiary/aromatic N) is 1. The van der Waals surface area contributed by atoms with Gasteiger partial charge in [-0.15, -0.1) is 0 Å². The third-order valence-corrected chi connectivity index (χ3v) is 7.33. The molecule has 4 rings (SSSR count). The van der Waals surface area contributed by atoms with Gasteiger partial charge in [-0.05, 0) is 107 Å². The summed E-state index contributed by atoms with van der Waals surface area (Å²) in [4.78, 5) is 12.8. The van der Waals surface area contributed by atoms with Crippen molar-refractivity contribution in [3.05, 3.63) is 127 Å². The lowest BCUT2D eigenvalue weighted by molar-refractivity contribution is -0.112. The van der Waals surface area contributed by atoms with E-state index in [1.165, 1.54) is 17.2 Å². The fourth-order valence-electron chi connectivity index (χ4n) is 3.73. The van der Waals surface area contributed by atoms with Crippen LogP contribution in [0.25, 0.3) is 6.08 Å². The number of halogens is 3. The molecule has 0 aliphatic carbocycles. The molecule has 0 saturated carbocycles. The number of ether oxygens (including phenoxy) is 2. The maximum atomic E-state index is 12.8. The summed E-state index contributed by atoms with van der Waals surface area (Å²) < 4.78 is 12.5. The number of anilines is 1. The minimum atomic E-state index is -0.518. The first-order valence-corrected chi connectivity index (χ1v) is 13.8. The highest BCUT2D eigenvalue weighted by atomic mass is 79.9. The van der Waals surface area contributed by atoms with E-state index in [9.17, 15) is 10.1 Å². The summed E-state index contributed by atoms with van der Waals surface area (Å²) in [5, 5.41) is 13.4. The number of aryl methyl sites for hydroxylation is 2. The van der Waals surface area contributed by atoms with Crippen molar-refractivity contribution in [2.45, 2.75) is 27.1 Å². The molecule has 0 spiro atoms. The van der Waals surface area contributed by atoms with Gasteiger partial charge in [0.15, 0.2) is 0 Å². The highest BCUT2D eigenvalue weighted by molar-refractivity contribution is 9.10. The number of amides is 1. The van der Waals surface area contributed by atoms with Crippen LogP contribution in [0.3, 0.4) is 0 Å². The Balaban J connectivity index is 1.35. The van der Waals surface area contributed by atoms with Gasteiger partial charge in [0, 0.05) is 21.3 Å². The zero-order valence-electron chi connectivity index (χ0n) is 21.8. The van der Waals surface area contributed by atoms with Gasteiger partial charge in [0.1, 0.15) is 36.4 Å². The fraction of sp³-hybridized carbons (Fsp3) is 0.125. The second-order valence-electron chi connectivity index (χ2n) is 9.07. The molecular formula is C32H25BrCl2N2O3. The molecule has 1 N–H and O–H groups in total. The normalized spacial score (nSPS) is 11.1. The Hall–Kier alpha value is -3.76. The second-order valence-corrected chi connectivity index (χ2v) is 10.8. The highest BCUT2D eigenvalue weighted by Crippen LogP contribution is 2.28. The lowest BCUT2D eigenvalue weighted by Crippen LogP contribution is -2.13. The molecule has 8 heteroatoms. The van der Waals surface area contributed by atoms with Crippen LogP contribution in [0.1, 0.15) is 27.8 Å². The molecule has 4 aromatic carbocycles. The second kappa shape index (κ2) is 13.5. The highest BCUT2D eigenvalue weighted by Gasteiger charge is 2.11. The van der Waals surface area contributed by atoms with Crippen molar-refractivity contribution < 1.29 is 14.3 Å². The van der Waals surface area contributed by atoms with Crippen molar-refractivity contribution in [2.24, 2.45) is 0 Å². The van der Waals surface area contributed by atoms with E-state index in [0.717, 1.165) is 15.6 Å². The predicted molar refractivity (Wildman–Crippen MR) is 164 cm³/mol. The minimum Gasteiger partial charge on any atom is -0.489 e. The average Bonchev–Trinajstić information content (AvgIpc) is 2.93. The topological polar surface area (TPSA) is 71.3 Å².